The number of esters is 1. The maximum atomic E-state index is 13.1. The third-order valence-electron chi connectivity index (χ3n) is 4.33. The van der Waals surface area contributed by atoms with Gasteiger partial charge in [-0.1, -0.05) is 6.92 Å². The molecule has 0 N–H and O–H groups in total. The summed E-state index contributed by atoms with van der Waals surface area (Å²) in [6.07, 6.45) is -3.87. The lowest BCUT2D eigenvalue weighted by atomic mass is 10.0. The van der Waals surface area contributed by atoms with Gasteiger partial charge in [0, 0.05) is 18.1 Å². The first-order valence-corrected chi connectivity index (χ1v) is 10.7. The molecular formula is C20H19F5N4O4S. The normalized spacial score (nSPS) is 12.7. The van der Waals surface area contributed by atoms with Gasteiger partial charge in [-0.15, -0.1) is 11.8 Å². The summed E-state index contributed by atoms with van der Waals surface area (Å²) in [5.74, 6) is -7.45. The summed E-state index contributed by atoms with van der Waals surface area (Å²) in [6.45, 7) is 1.41. The van der Waals surface area contributed by atoms with Crippen molar-refractivity contribution >= 4 is 17.7 Å². The molecule has 0 amide bonds. The second-order valence-corrected chi connectivity index (χ2v) is 7.97. The summed E-state index contributed by atoms with van der Waals surface area (Å²) in [4.78, 5) is 33.2. The minimum absolute atomic E-state index is 0.0351. The van der Waals surface area contributed by atoms with Crippen LogP contribution in [-0.4, -0.2) is 51.6 Å². The van der Waals surface area contributed by atoms with Gasteiger partial charge in [-0.2, -0.15) is 27.2 Å². The van der Waals surface area contributed by atoms with Crippen LogP contribution in [0.5, 0.6) is 5.75 Å². The molecule has 8 nitrogen and oxygen atoms in total. The molecule has 1 unspecified atom stereocenters. The van der Waals surface area contributed by atoms with E-state index in [1.54, 1.807) is 6.92 Å². The maximum Gasteiger partial charge on any atom is 0.456 e. The van der Waals surface area contributed by atoms with Gasteiger partial charge < -0.3 is 9.47 Å². The van der Waals surface area contributed by atoms with Crippen LogP contribution in [0.4, 0.5) is 22.0 Å². The molecule has 0 aliphatic rings. The van der Waals surface area contributed by atoms with Gasteiger partial charge in [-0.3, -0.25) is 19.1 Å². The number of hydrogen-bond acceptors (Lipinski definition) is 8. The molecule has 0 radical (unpaired) electrons. The molecule has 0 fully saturated rings. The first-order valence-electron chi connectivity index (χ1n) is 9.70. The van der Waals surface area contributed by atoms with Crippen LogP contribution in [0, 0.1) is 11.3 Å². The van der Waals surface area contributed by atoms with Crippen LogP contribution in [0.2, 0.25) is 0 Å². The Kier molecular flexibility index (Phi) is 8.60. The summed E-state index contributed by atoms with van der Waals surface area (Å²) >= 11 is 1.26. The predicted molar refractivity (Wildman–Crippen MR) is 111 cm³/mol. The van der Waals surface area contributed by atoms with Crippen molar-refractivity contribution in [2.24, 2.45) is 7.05 Å². The first kappa shape index (κ1) is 27.0. The van der Waals surface area contributed by atoms with Crippen molar-refractivity contribution in [1.29, 1.82) is 5.26 Å². The summed E-state index contributed by atoms with van der Waals surface area (Å²) < 4.78 is 73.4. The third kappa shape index (κ3) is 5.82. The van der Waals surface area contributed by atoms with E-state index in [1.165, 1.54) is 31.1 Å². The lowest BCUT2D eigenvalue weighted by Gasteiger charge is -2.20. The molecule has 0 aliphatic heterocycles. The van der Waals surface area contributed by atoms with Crippen LogP contribution in [0.3, 0.4) is 0 Å². The summed E-state index contributed by atoms with van der Waals surface area (Å²) in [5.41, 5.74) is -0.592. The number of carbonyl (C=O) groups excluding carboxylic acids is 1. The molecular weight excluding hydrogens is 487 g/mol. The standard InChI is InChI=1S/C20H19F5N4O4S/c1-4-32-18(31)12(7-26)11-6-14(34-5-2)15(27-8-11)16-28-9-13(17(30)29(16)3)33-10-19(21,22)20(23,24)25/h6,8-9,12H,4-5,10H2,1-3H3. The summed E-state index contributed by atoms with van der Waals surface area (Å²) in [6, 6.07) is 3.36. The Morgan fingerprint density at radius 3 is 2.47 bits per heavy atom. The Bertz CT molecular complexity index is 1150. The Balaban J connectivity index is 2.45. The minimum Gasteiger partial charge on any atom is -0.480 e. The van der Waals surface area contributed by atoms with E-state index in [1.807, 2.05) is 13.0 Å². The number of rotatable bonds is 9. The van der Waals surface area contributed by atoms with Gasteiger partial charge in [-0.05, 0) is 24.3 Å². The molecule has 2 aromatic heterocycles. The number of thioether (sulfide) groups is 1. The monoisotopic (exact) mass is 506 g/mol. The highest BCUT2D eigenvalue weighted by Gasteiger charge is 2.58. The Hall–Kier alpha value is -3.21. The largest absolute Gasteiger partial charge is 0.480 e. The van der Waals surface area contributed by atoms with Crippen LogP contribution >= 0.6 is 11.8 Å². The molecule has 34 heavy (non-hydrogen) atoms. The highest BCUT2D eigenvalue weighted by Crippen LogP contribution is 2.36. The number of carbonyl (C=O) groups is 1. The summed E-state index contributed by atoms with van der Waals surface area (Å²) in [7, 11) is 1.21. The van der Waals surface area contributed by atoms with E-state index in [0.29, 0.717) is 10.6 Å². The van der Waals surface area contributed by atoms with E-state index < -0.39 is 41.9 Å². The Morgan fingerprint density at radius 2 is 1.91 bits per heavy atom. The fraction of sp³-hybridized carbons (Fsp3) is 0.450. The molecule has 2 aromatic rings. The zero-order valence-corrected chi connectivity index (χ0v) is 19.0. The molecule has 0 bridgehead atoms. The van der Waals surface area contributed by atoms with Crippen molar-refractivity contribution in [3.8, 4) is 23.3 Å². The van der Waals surface area contributed by atoms with E-state index in [0.717, 1.165) is 10.8 Å². The highest BCUT2D eigenvalue weighted by atomic mass is 32.2. The zero-order chi connectivity index (χ0) is 25.7. The molecule has 184 valence electrons. The predicted octanol–water partition coefficient (Wildman–Crippen LogP) is 3.70. The van der Waals surface area contributed by atoms with Gasteiger partial charge in [0.25, 0.3) is 5.56 Å². The van der Waals surface area contributed by atoms with Crippen LogP contribution < -0.4 is 10.3 Å². The molecule has 0 aromatic carbocycles. The van der Waals surface area contributed by atoms with E-state index in [2.05, 4.69) is 14.7 Å². The van der Waals surface area contributed by atoms with Gasteiger partial charge in [0.05, 0.1) is 18.9 Å². The maximum absolute atomic E-state index is 13.1. The molecule has 1 atom stereocenters. The lowest BCUT2D eigenvalue weighted by molar-refractivity contribution is -0.290. The number of aromatic nitrogens is 3. The smallest absolute Gasteiger partial charge is 0.456 e. The number of nitriles is 1. The van der Waals surface area contributed by atoms with Crippen LogP contribution in [0.25, 0.3) is 11.5 Å². The number of halogens is 5. The van der Waals surface area contributed by atoms with Gasteiger partial charge in [0.2, 0.25) is 5.75 Å². The molecule has 2 rings (SSSR count). The van der Waals surface area contributed by atoms with Gasteiger partial charge >= 0.3 is 18.1 Å². The van der Waals surface area contributed by atoms with E-state index in [-0.39, 0.29) is 23.7 Å². The topological polar surface area (TPSA) is 107 Å². The first-order chi connectivity index (χ1) is 15.9. The Labute approximate surface area is 194 Å². The molecule has 14 heteroatoms. The average Bonchev–Trinajstić information content (AvgIpc) is 2.75. The van der Waals surface area contributed by atoms with Crippen molar-refractivity contribution in [2.45, 2.75) is 36.8 Å². The van der Waals surface area contributed by atoms with E-state index in [9.17, 15) is 36.8 Å². The molecule has 0 spiro atoms. The van der Waals surface area contributed by atoms with Crippen LogP contribution in [0.1, 0.15) is 25.3 Å². The highest BCUT2D eigenvalue weighted by molar-refractivity contribution is 7.99. The van der Waals surface area contributed by atoms with Crippen molar-refractivity contribution in [2.75, 3.05) is 19.0 Å². The average molecular weight is 506 g/mol. The number of ether oxygens (including phenoxy) is 2. The number of alkyl halides is 5. The number of pyridine rings is 1. The van der Waals surface area contributed by atoms with Gasteiger partial charge in [0.1, 0.15) is 5.69 Å². The fourth-order valence-corrected chi connectivity index (χ4v) is 3.44. The van der Waals surface area contributed by atoms with Crippen molar-refractivity contribution < 1.29 is 36.2 Å². The molecule has 0 saturated carbocycles. The summed E-state index contributed by atoms with van der Waals surface area (Å²) in [5, 5.41) is 9.37. The lowest BCUT2D eigenvalue weighted by Crippen LogP contribution is -2.42. The van der Waals surface area contributed by atoms with Crippen molar-refractivity contribution in [3.63, 3.8) is 0 Å². The van der Waals surface area contributed by atoms with E-state index in [4.69, 9.17) is 4.74 Å². The number of nitrogens with zero attached hydrogens (tertiary/aromatic N) is 4. The zero-order valence-electron chi connectivity index (χ0n) is 18.2. The minimum atomic E-state index is -5.84. The number of hydrogen-bond donors (Lipinski definition) is 0. The third-order valence-corrected chi connectivity index (χ3v) is 5.24. The van der Waals surface area contributed by atoms with Gasteiger partial charge in [-0.25, -0.2) is 4.98 Å². The van der Waals surface area contributed by atoms with Crippen molar-refractivity contribution in [3.05, 3.63) is 34.4 Å². The molecule has 0 aliphatic carbocycles. The van der Waals surface area contributed by atoms with Crippen LogP contribution in [0.15, 0.2) is 28.2 Å². The Morgan fingerprint density at radius 1 is 1.24 bits per heavy atom. The second-order valence-electron chi connectivity index (χ2n) is 6.66. The fourth-order valence-electron chi connectivity index (χ4n) is 2.63. The molecule has 0 saturated heterocycles. The van der Waals surface area contributed by atoms with Gasteiger partial charge in [0.15, 0.2) is 18.3 Å². The van der Waals surface area contributed by atoms with E-state index >= 15 is 0 Å². The van der Waals surface area contributed by atoms with Crippen LogP contribution in [-0.2, 0) is 16.6 Å². The quantitative estimate of drug-likeness (QED) is 0.288. The molecule has 2 heterocycles. The second kappa shape index (κ2) is 10.8. The van der Waals surface area contributed by atoms with Crippen molar-refractivity contribution in [1.82, 2.24) is 14.5 Å². The SMILES string of the molecule is CCOC(=O)C(C#N)c1cnc(-c2ncc(OCC(F)(F)C(F)(F)F)c(=O)n2C)c(SCC)c1.